The molecule has 2 rings (SSSR count). The number of carboxylic acids is 1. The van der Waals surface area contributed by atoms with Gasteiger partial charge in [0.2, 0.25) is 5.91 Å². The van der Waals surface area contributed by atoms with E-state index in [2.05, 4.69) is 6.92 Å². The van der Waals surface area contributed by atoms with Crippen molar-refractivity contribution in [2.24, 2.45) is 5.92 Å². The molecule has 20 heavy (non-hydrogen) atoms. The minimum absolute atomic E-state index is 0.0937. The van der Waals surface area contributed by atoms with Crippen molar-refractivity contribution in [1.29, 1.82) is 0 Å². The summed E-state index contributed by atoms with van der Waals surface area (Å²) in [4.78, 5) is 27.5. The molecule has 2 unspecified atom stereocenters. The van der Waals surface area contributed by atoms with Crippen molar-refractivity contribution in [3.05, 3.63) is 0 Å². The normalized spacial score (nSPS) is 27.3. The average Bonchev–Trinajstić information content (AvgIpc) is 3.24. The molecule has 0 spiro atoms. The van der Waals surface area contributed by atoms with Crippen LogP contribution in [0.4, 0.5) is 0 Å². The van der Waals surface area contributed by atoms with Crippen LogP contribution in [0.3, 0.4) is 0 Å². The minimum atomic E-state index is -0.787. The van der Waals surface area contributed by atoms with E-state index < -0.39 is 12.0 Å². The Morgan fingerprint density at radius 1 is 1.25 bits per heavy atom. The van der Waals surface area contributed by atoms with Crippen LogP contribution in [0, 0.1) is 5.92 Å². The zero-order valence-corrected chi connectivity index (χ0v) is 12.5. The van der Waals surface area contributed by atoms with Crippen molar-refractivity contribution in [3.8, 4) is 0 Å². The highest BCUT2D eigenvalue weighted by atomic mass is 16.4. The Morgan fingerprint density at radius 2 is 1.95 bits per heavy atom. The molecule has 1 saturated heterocycles. The number of amides is 1. The second-order valence-electron chi connectivity index (χ2n) is 6.03. The van der Waals surface area contributed by atoms with Gasteiger partial charge in [0.15, 0.2) is 0 Å². The third-order valence-electron chi connectivity index (χ3n) is 4.67. The van der Waals surface area contributed by atoms with Gasteiger partial charge in [0.25, 0.3) is 0 Å². The Morgan fingerprint density at radius 3 is 2.45 bits per heavy atom. The summed E-state index contributed by atoms with van der Waals surface area (Å²) in [5.74, 6) is -0.213. The van der Waals surface area contributed by atoms with Crippen LogP contribution in [0.2, 0.25) is 0 Å². The van der Waals surface area contributed by atoms with Gasteiger partial charge in [-0.2, -0.15) is 0 Å². The van der Waals surface area contributed by atoms with Gasteiger partial charge in [-0.15, -0.1) is 0 Å². The van der Waals surface area contributed by atoms with Crippen LogP contribution < -0.4 is 0 Å². The lowest BCUT2D eigenvalue weighted by atomic mass is 9.89. The van der Waals surface area contributed by atoms with Crippen molar-refractivity contribution < 1.29 is 14.7 Å². The summed E-state index contributed by atoms with van der Waals surface area (Å²) in [6.07, 6.45) is 4.90. The zero-order chi connectivity index (χ0) is 14.7. The van der Waals surface area contributed by atoms with E-state index >= 15 is 0 Å². The van der Waals surface area contributed by atoms with Gasteiger partial charge in [-0.1, -0.05) is 13.3 Å². The third kappa shape index (κ3) is 3.51. The number of hydrogen-bond donors (Lipinski definition) is 1. The lowest BCUT2D eigenvalue weighted by Crippen LogP contribution is -2.51. The third-order valence-corrected chi connectivity index (χ3v) is 4.67. The van der Waals surface area contributed by atoms with Crippen molar-refractivity contribution >= 4 is 11.9 Å². The number of carbonyl (C=O) groups is 2. The largest absolute Gasteiger partial charge is 0.480 e. The van der Waals surface area contributed by atoms with Gasteiger partial charge in [-0.05, 0) is 45.1 Å². The van der Waals surface area contributed by atoms with Gasteiger partial charge >= 0.3 is 5.97 Å². The van der Waals surface area contributed by atoms with Crippen LogP contribution in [0.25, 0.3) is 0 Å². The first kappa shape index (κ1) is 15.3. The van der Waals surface area contributed by atoms with E-state index in [-0.39, 0.29) is 12.5 Å². The molecule has 1 heterocycles. The molecule has 5 nitrogen and oxygen atoms in total. The van der Waals surface area contributed by atoms with E-state index in [9.17, 15) is 14.7 Å². The number of nitrogens with zero attached hydrogens (tertiary/aromatic N) is 2. The lowest BCUT2D eigenvalue weighted by molar-refractivity contribution is -0.147. The molecule has 1 N–H and O–H groups in total. The fraction of sp³-hybridized carbons (Fsp3) is 0.867. The van der Waals surface area contributed by atoms with Gasteiger partial charge in [0.1, 0.15) is 6.04 Å². The SMILES string of the molecule is CCC1CCN(CC(=O)N(CC)C2CC2)C(C(=O)O)C1. The van der Waals surface area contributed by atoms with E-state index in [4.69, 9.17) is 0 Å². The topological polar surface area (TPSA) is 60.9 Å². The Hall–Kier alpha value is -1.10. The molecule has 0 aromatic rings. The summed E-state index contributed by atoms with van der Waals surface area (Å²) in [6, 6.07) is -0.0838. The molecule has 1 aliphatic carbocycles. The van der Waals surface area contributed by atoms with Gasteiger partial charge in [0, 0.05) is 12.6 Å². The first-order valence-electron chi connectivity index (χ1n) is 7.83. The van der Waals surface area contributed by atoms with Crippen LogP contribution in [0.5, 0.6) is 0 Å². The number of rotatable bonds is 6. The van der Waals surface area contributed by atoms with Crippen LogP contribution in [0.1, 0.15) is 46.0 Å². The molecule has 114 valence electrons. The second kappa shape index (κ2) is 6.57. The molecular weight excluding hydrogens is 256 g/mol. The van der Waals surface area contributed by atoms with Crippen molar-refractivity contribution in [2.75, 3.05) is 19.6 Å². The highest BCUT2D eigenvalue weighted by molar-refractivity contribution is 5.80. The Balaban J connectivity index is 1.95. The first-order chi connectivity index (χ1) is 9.56. The quantitative estimate of drug-likeness (QED) is 0.803. The van der Waals surface area contributed by atoms with E-state index in [1.165, 1.54) is 0 Å². The monoisotopic (exact) mass is 282 g/mol. The Bertz CT molecular complexity index is 368. The zero-order valence-electron chi connectivity index (χ0n) is 12.5. The number of likely N-dealkylation sites (tertiary alicyclic amines) is 1. The summed E-state index contributed by atoms with van der Waals surface area (Å²) >= 11 is 0. The lowest BCUT2D eigenvalue weighted by Gasteiger charge is -2.37. The second-order valence-corrected chi connectivity index (χ2v) is 6.03. The molecule has 0 aromatic carbocycles. The van der Waals surface area contributed by atoms with Crippen LogP contribution >= 0.6 is 0 Å². The fourth-order valence-corrected chi connectivity index (χ4v) is 3.19. The van der Waals surface area contributed by atoms with Crippen LogP contribution in [-0.4, -0.2) is 58.5 Å². The minimum Gasteiger partial charge on any atom is -0.480 e. The molecule has 1 aliphatic heterocycles. The van der Waals surface area contributed by atoms with Gasteiger partial charge in [-0.25, -0.2) is 0 Å². The van der Waals surface area contributed by atoms with Gasteiger partial charge in [-0.3, -0.25) is 14.5 Å². The van der Waals surface area contributed by atoms with Crippen LogP contribution in [-0.2, 0) is 9.59 Å². The number of carbonyl (C=O) groups excluding carboxylic acids is 1. The Kier molecular flexibility index (Phi) is 5.02. The average molecular weight is 282 g/mol. The standard InChI is InChI=1S/C15H26N2O3/c1-3-11-7-8-16(13(9-11)15(19)20)10-14(18)17(4-2)12-5-6-12/h11-13H,3-10H2,1-2H3,(H,19,20). The molecule has 2 aliphatic rings. The summed E-state index contributed by atoms with van der Waals surface area (Å²) in [6.45, 7) is 5.82. The maximum absolute atomic E-state index is 12.3. The smallest absolute Gasteiger partial charge is 0.320 e. The van der Waals surface area contributed by atoms with Gasteiger partial charge < -0.3 is 10.0 Å². The highest BCUT2D eigenvalue weighted by Gasteiger charge is 2.36. The molecule has 2 atom stereocenters. The maximum atomic E-state index is 12.3. The van der Waals surface area contributed by atoms with Crippen molar-refractivity contribution in [3.63, 3.8) is 0 Å². The Labute approximate surface area is 120 Å². The number of carboxylic acid groups (broad SMARTS) is 1. The summed E-state index contributed by atoms with van der Waals surface area (Å²) in [7, 11) is 0. The molecule has 0 aromatic heterocycles. The van der Waals surface area contributed by atoms with Crippen molar-refractivity contribution in [1.82, 2.24) is 9.80 Å². The molecule has 1 saturated carbocycles. The number of likely N-dealkylation sites (N-methyl/N-ethyl adjacent to an activating group) is 1. The summed E-state index contributed by atoms with van der Waals surface area (Å²) in [5.41, 5.74) is 0. The van der Waals surface area contributed by atoms with E-state index in [1.54, 1.807) is 0 Å². The maximum Gasteiger partial charge on any atom is 0.320 e. The molecule has 0 bridgehead atoms. The van der Waals surface area contributed by atoms with E-state index in [0.717, 1.165) is 38.8 Å². The van der Waals surface area contributed by atoms with Crippen LogP contribution in [0.15, 0.2) is 0 Å². The van der Waals surface area contributed by atoms with E-state index in [1.807, 2.05) is 16.7 Å². The molecule has 0 radical (unpaired) electrons. The van der Waals surface area contributed by atoms with Crippen molar-refractivity contribution in [2.45, 2.75) is 58.0 Å². The highest BCUT2D eigenvalue weighted by Crippen LogP contribution is 2.28. The summed E-state index contributed by atoms with van der Waals surface area (Å²) < 4.78 is 0. The first-order valence-corrected chi connectivity index (χ1v) is 7.83. The number of aliphatic carboxylic acids is 1. The summed E-state index contributed by atoms with van der Waals surface area (Å²) in [5, 5.41) is 9.39. The number of hydrogen-bond acceptors (Lipinski definition) is 3. The van der Waals surface area contributed by atoms with E-state index in [0.29, 0.717) is 18.4 Å². The fourth-order valence-electron chi connectivity index (χ4n) is 3.19. The molecule has 5 heteroatoms. The molecule has 2 fully saturated rings. The van der Waals surface area contributed by atoms with Gasteiger partial charge in [0.05, 0.1) is 6.54 Å². The predicted molar refractivity (Wildman–Crippen MR) is 76.4 cm³/mol. The molecular formula is C15H26N2O3. The predicted octanol–water partition coefficient (Wildman–Crippen LogP) is 1.57. The number of piperidine rings is 1. The molecule has 1 amide bonds.